The van der Waals surface area contributed by atoms with Crippen molar-refractivity contribution in [2.45, 2.75) is 6.18 Å². The van der Waals surface area contributed by atoms with Crippen LogP contribution in [0.2, 0.25) is 0 Å². The molecule has 1 heterocycles. The van der Waals surface area contributed by atoms with E-state index in [4.69, 9.17) is 0 Å². The molecule has 3 rings (SSSR count). The number of thioether (sulfide) groups is 1. The Hall–Kier alpha value is -3.07. The van der Waals surface area contributed by atoms with Crippen LogP contribution in [0.1, 0.15) is 11.1 Å². The highest BCUT2D eigenvalue weighted by molar-refractivity contribution is 8.18. The summed E-state index contributed by atoms with van der Waals surface area (Å²) in [5.74, 6) is -1.29. The van der Waals surface area contributed by atoms with Crippen molar-refractivity contribution >= 4 is 40.6 Å². The van der Waals surface area contributed by atoms with E-state index in [1.807, 2.05) is 6.07 Å². The van der Waals surface area contributed by atoms with Crippen LogP contribution in [0.25, 0.3) is 6.08 Å². The Balaban J connectivity index is 1.65. The van der Waals surface area contributed by atoms with Gasteiger partial charge in [-0.1, -0.05) is 30.3 Å². The van der Waals surface area contributed by atoms with Crippen molar-refractivity contribution in [1.29, 1.82) is 0 Å². The van der Waals surface area contributed by atoms with Gasteiger partial charge >= 0.3 is 6.18 Å². The number of carbonyl (C=O) groups is 3. The number of benzene rings is 2. The lowest BCUT2D eigenvalue weighted by atomic mass is 10.2. The quantitative estimate of drug-likeness (QED) is 0.766. The molecule has 9 heteroatoms. The van der Waals surface area contributed by atoms with Crippen LogP contribution in [0.15, 0.2) is 59.5 Å². The molecule has 2 aromatic rings. The average Bonchev–Trinajstić information content (AvgIpc) is 2.90. The molecule has 1 aliphatic rings. The van der Waals surface area contributed by atoms with Gasteiger partial charge in [-0.3, -0.25) is 19.3 Å². The first-order valence-electron chi connectivity index (χ1n) is 8.01. The predicted molar refractivity (Wildman–Crippen MR) is 99.2 cm³/mol. The molecular formula is C19H13F3N2O3S. The Morgan fingerprint density at radius 1 is 1.04 bits per heavy atom. The standard InChI is InChI=1S/C19H13F3N2O3S/c20-19(21,22)13-6-8-14(9-7-13)23-16(25)11-24-17(26)15(28-18(24)27)10-12-4-2-1-3-5-12/h1-10H,11H2,(H,23,25)/b15-10+. The van der Waals surface area contributed by atoms with Crippen molar-refractivity contribution in [3.8, 4) is 0 Å². The summed E-state index contributed by atoms with van der Waals surface area (Å²) in [7, 11) is 0. The van der Waals surface area contributed by atoms with E-state index in [1.165, 1.54) is 0 Å². The van der Waals surface area contributed by atoms with Crippen LogP contribution in [-0.2, 0) is 15.8 Å². The van der Waals surface area contributed by atoms with Crippen LogP contribution in [0.5, 0.6) is 0 Å². The highest BCUT2D eigenvalue weighted by Gasteiger charge is 2.36. The Morgan fingerprint density at radius 2 is 1.68 bits per heavy atom. The average molecular weight is 406 g/mol. The highest BCUT2D eigenvalue weighted by Crippen LogP contribution is 2.32. The number of rotatable bonds is 4. The molecular weight excluding hydrogens is 393 g/mol. The van der Waals surface area contributed by atoms with E-state index in [1.54, 1.807) is 30.3 Å². The van der Waals surface area contributed by atoms with Crippen molar-refractivity contribution < 1.29 is 27.6 Å². The molecule has 3 amide bonds. The Bertz CT molecular complexity index is 941. The Morgan fingerprint density at radius 3 is 2.29 bits per heavy atom. The van der Waals surface area contributed by atoms with Crippen molar-refractivity contribution in [3.63, 3.8) is 0 Å². The summed E-state index contributed by atoms with van der Waals surface area (Å²) in [5, 5.41) is 1.78. The van der Waals surface area contributed by atoms with Gasteiger partial charge in [0.15, 0.2) is 0 Å². The zero-order chi connectivity index (χ0) is 20.3. The summed E-state index contributed by atoms with van der Waals surface area (Å²) in [6, 6.07) is 12.8. The molecule has 0 radical (unpaired) electrons. The topological polar surface area (TPSA) is 66.5 Å². The van der Waals surface area contributed by atoms with Gasteiger partial charge in [0.2, 0.25) is 5.91 Å². The molecule has 0 aromatic heterocycles. The molecule has 1 saturated heterocycles. The lowest BCUT2D eigenvalue weighted by molar-refractivity contribution is -0.137. The van der Waals surface area contributed by atoms with Gasteiger partial charge < -0.3 is 5.32 Å². The largest absolute Gasteiger partial charge is 0.416 e. The first kappa shape index (κ1) is 19.7. The monoisotopic (exact) mass is 406 g/mol. The van der Waals surface area contributed by atoms with Gasteiger partial charge in [-0.15, -0.1) is 0 Å². The maximum absolute atomic E-state index is 12.6. The first-order valence-corrected chi connectivity index (χ1v) is 8.83. The number of carbonyl (C=O) groups excluding carboxylic acids is 3. The van der Waals surface area contributed by atoms with Gasteiger partial charge in [0, 0.05) is 5.69 Å². The molecule has 0 unspecified atom stereocenters. The fourth-order valence-electron chi connectivity index (χ4n) is 2.42. The van der Waals surface area contributed by atoms with Gasteiger partial charge in [0.05, 0.1) is 10.5 Å². The molecule has 0 bridgehead atoms. The third-order valence-electron chi connectivity index (χ3n) is 3.77. The zero-order valence-corrected chi connectivity index (χ0v) is 15.0. The predicted octanol–water partition coefficient (Wildman–Crippen LogP) is 4.38. The molecule has 1 N–H and O–H groups in total. The van der Waals surface area contributed by atoms with Crippen LogP contribution >= 0.6 is 11.8 Å². The summed E-state index contributed by atoms with van der Waals surface area (Å²) >= 11 is 0.723. The minimum atomic E-state index is -4.48. The van der Waals surface area contributed by atoms with Crippen LogP contribution < -0.4 is 5.32 Å². The molecule has 0 saturated carbocycles. The number of alkyl halides is 3. The lowest BCUT2D eigenvalue weighted by Gasteiger charge is -2.13. The van der Waals surface area contributed by atoms with Gasteiger partial charge in [-0.2, -0.15) is 13.2 Å². The minimum absolute atomic E-state index is 0.129. The number of anilines is 1. The number of amides is 3. The van der Waals surface area contributed by atoms with Crippen LogP contribution in [0, 0.1) is 0 Å². The molecule has 28 heavy (non-hydrogen) atoms. The number of halogens is 3. The third kappa shape index (κ3) is 4.61. The van der Waals surface area contributed by atoms with E-state index in [0.29, 0.717) is 0 Å². The molecule has 5 nitrogen and oxygen atoms in total. The van der Waals surface area contributed by atoms with Crippen molar-refractivity contribution in [1.82, 2.24) is 4.90 Å². The number of hydrogen-bond donors (Lipinski definition) is 1. The van der Waals surface area contributed by atoms with Gasteiger partial charge in [0.1, 0.15) is 6.54 Å². The Kier molecular flexibility index (Phi) is 5.55. The van der Waals surface area contributed by atoms with E-state index in [0.717, 1.165) is 46.5 Å². The van der Waals surface area contributed by atoms with E-state index in [-0.39, 0.29) is 10.6 Å². The second kappa shape index (κ2) is 7.89. The lowest BCUT2D eigenvalue weighted by Crippen LogP contribution is -2.36. The molecule has 2 aromatic carbocycles. The van der Waals surface area contributed by atoms with E-state index < -0.39 is 35.3 Å². The van der Waals surface area contributed by atoms with Crippen molar-refractivity contribution in [2.24, 2.45) is 0 Å². The maximum Gasteiger partial charge on any atom is 0.416 e. The number of nitrogens with zero attached hydrogens (tertiary/aromatic N) is 1. The van der Waals surface area contributed by atoms with Gasteiger partial charge in [-0.25, -0.2) is 0 Å². The van der Waals surface area contributed by atoms with E-state index in [9.17, 15) is 27.6 Å². The summed E-state index contributed by atoms with van der Waals surface area (Å²) in [4.78, 5) is 37.5. The zero-order valence-electron chi connectivity index (χ0n) is 14.2. The number of hydrogen-bond acceptors (Lipinski definition) is 4. The highest BCUT2D eigenvalue weighted by atomic mass is 32.2. The summed E-state index contributed by atoms with van der Waals surface area (Å²) in [6.07, 6.45) is -2.92. The first-order chi connectivity index (χ1) is 13.2. The Labute approximate surface area is 162 Å². The molecule has 0 atom stereocenters. The van der Waals surface area contributed by atoms with E-state index >= 15 is 0 Å². The van der Waals surface area contributed by atoms with Crippen molar-refractivity contribution in [2.75, 3.05) is 11.9 Å². The van der Waals surface area contributed by atoms with Crippen LogP contribution in [0.3, 0.4) is 0 Å². The summed E-state index contributed by atoms with van der Waals surface area (Å²) in [5.41, 5.74) is 0.0227. The third-order valence-corrected chi connectivity index (χ3v) is 4.68. The second-order valence-corrected chi connectivity index (χ2v) is 6.80. The molecule has 0 spiro atoms. The summed E-state index contributed by atoms with van der Waals surface area (Å²) in [6.45, 7) is -0.530. The van der Waals surface area contributed by atoms with Crippen molar-refractivity contribution in [3.05, 3.63) is 70.6 Å². The maximum atomic E-state index is 12.6. The normalized spacial score (nSPS) is 16.0. The fourth-order valence-corrected chi connectivity index (χ4v) is 3.26. The number of nitrogens with one attached hydrogen (secondary N) is 1. The SMILES string of the molecule is O=C(CN1C(=O)S/C(=C/c2ccccc2)C1=O)Nc1ccc(C(F)(F)F)cc1. The van der Waals surface area contributed by atoms with Crippen LogP contribution in [0.4, 0.5) is 23.7 Å². The van der Waals surface area contributed by atoms with Crippen LogP contribution in [-0.4, -0.2) is 28.5 Å². The van der Waals surface area contributed by atoms with Gasteiger partial charge in [-0.05, 0) is 47.7 Å². The molecule has 0 aliphatic carbocycles. The number of imide groups is 1. The fraction of sp³-hybridized carbons (Fsp3) is 0.105. The smallest absolute Gasteiger partial charge is 0.325 e. The molecule has 1 aliphatic heterocycles. The summed E-state index contributed by atoms with van der Waals surface area (Å²) < 4.78 is 37.7. The second-order valence-electron chi connectivity index (χ2n) is 5.80. The van der Waals surface area contributed by atoms with E-state index in [2.05, 4.69) is 5.32 Å². The minimum Gasteiger partial charge on any atom is -0.325 e. The molecule has 144 valence electrons. The molecule has 1 fully saturated rings. The van der Waals surface area contributed by atoms with Gasteiger partial charge in [0.25, 0.3) is 11.1 Å².